The maximum absolute atomic E-state index is 11.9. The first kappa shape index (κ1) is 16.4. The Labute approximate surface area is 116 Å². The zero-order chi connectivity index (χ0) is 14.8. The molecule has 0 bridgehead atoms. The second-order valence-electron chi connectivity index (χ2n) is 6.64. The Kier molecular flexibility index (Phi) is 5.01. The van der Waals surface area contributed by atoms with E-state index in [9.17, 15) is 13.2 Å². The number of hydrogen-bond acceptors (Lipinski definition) is 4. The molecule has 1 saturated heterocycles. The molecule has 1 atom stereocenters. The number of sulfone groups is 1. The van der Waals surface area contributed by atoms with Gasteiger partial charge < -0.3 is 9.80 Å². The maximum atomic E-state index is 11.9. The van der Waals surface area contributed by atoms with Crippen molar-refractivity contribution in [3.05, 3.63) is 0 Å². The summed E-state index contributed by atoms with van der Waals surface area (Å²) in [6.45, 7) is 8.19. The van der Waals surface area contributed by atoms with Crippen molar-refractivity contribution < 1.29 is 13.2 Å². The first-order valence-electron chi connectivity index (χ1n) is 6.66. The molecule has 1 amide bonds. The summed E-state index contributed by atoms with van der Waals surface area (Å²) >= 11 is 0. The molecule has 5 nitrogen and oxygen atoms in total. The molecule has 1 heterocycles. The van der Waals surface area contributed by atoms with Crippen molar-refractivity contribution in [2.75, 3.05) is 38.7 Å². The lowest BCUT2D eigenvalue weighted by Gasteiger charge is -2.32. The van der Waals surface area contributed by atoms with Crippen molar-refractivity contribution in [3.63, 3.8) is 0 Å². The van der Waals surface area contributed by atoms with Gasteiger partial charge in [-0.15, -0.1) is 0 Å². The van der Waals surface area contributed by atoms with Gasteiger partial charge in [0, 0.05) is 37.8 Å². The van der Waals surface area contributed by atoms with Crippen LogP contribution in [-0.4, -0.2) is 68.4 Å². The van der Waals surface area contributed by atoms with Crippen molar-refractivity contribution in [1.82, 2.24) is 9.80 Å². The SMILES string of the molecule is CN(CCS(C)(=O)=O)CC1CC(=O)N(C(C)(C)C)C1. The zero-order valence-electron chi connectivity index (χ0n) is 12.6. The molecule has 0 saturated carbocycles. The molecule has 19 heavy (non-hydrogen) atoms. The second kappa shape index (κ2) is 5.79. The van der Waals surface area contributed by atoms with Gasteiger partial charge in [-0.1, -0.05) is 0 Å². The summed E-state index contributed by atoms with van der Waals surface area (Å²) in [5.41, 5.74) is -0.128. The van der Waals surface area contributed by atoms with E-state index in [0.29, 0.717) is 18.9 Å². The van der Waals surface area contributed by atoms with E-state index in [4.69, 9.17) is 0 Å². The molecule has 1 aliphatic heterocycles. The minimum Gasteiger partial charge on any atom is -0.338 e. The summed E-state index contributed by atoms with van der Waals surface area (Å²) in [5, 5.41) is 0. The lowest BCUT2D eigenvalue weighted by molar-refractivity contribution is -0.131. The van der Waals surface area contributed by atoms with Crippen LogP contribution >= 0.6 is 0 Å². The van der Waals surface area contributed by atoms with Gasteiger partial charge in [-0.05, 0) is 33.7 Å². The van der Waals surface area contributed by atoms with Crippen molar-refractivity contribution in [1.29, 1.82) is 0 Å². The van der Waals surface area contributed by atoms with Gasteiger partial charge >= 0.3 is 0 Å². The van der Waals surface area contributed by atoms with E-state index in [1.807, 2.05) is 37.6 Å². The van der Waals surface area contributed by atoms with Crippen LogP contribution in [0.1, 0.15) is 27.2 Å². The fraction of sp³-hybridized carbons (Fsp3) is 0.923. The first-order chi connectivity index (χ1) is 8.49. The normalized spacial score (nSPS) is 21.5. The molecule has 0 aromatic carbocycles. The van der Waals surface area contributed by atoms with Gasteiger partial charge in [0.1, 0.15) is 9.84 Å². The average Bonchev–Trinajstić information content (AvgIpc) is 2.55. The highest BCUT2D eigenvalue weighted by Gasteiger charge is 2.36. The minimum atomic E-state index is -2.92. The Morgan fingerprint density at radius 3 is 2.37 bits per heavy atom. The van der Waals surface area contributed by atoms with Crippen LogP contribution in [-0.2, 0) is 14.6 Å². The monoisotopic (exact) mass is 290 g/mol. The van der Waals surface area contributed by atoms with Crippen LogP contribution in [0.25, 0.3) is 0 Å². The van der Waals surface area contributed by atoms with Gasteiger partial charge in [0.2, 0.25) is 5.91 Å². The Morgan fingerprint density at radius 1 is 1.37 bits per heavy atom. The van der Waals surface area contributed by atoms with E-state index in [2.05, 4.69) is 0 Å². The largest absolute Gasteiger partial charge is 0.338 e. The average molecular weight is 290 g/mol. The van der Waals surface area contributed by atoms with Crippen molar-refractivity contribution in [2.24, 2.45) is 5.92 Å². The highest BCUT2D eigenvalue weighted by atomic mass is 32.2. The topological polar surface area (TPSA) is 57.7 Å². The Hall–Kier alpha value is -0.620. The van der Waals surface area contributed by atoms with E-state index in [1.54, 1.807) is 0 Å². The van der Waals surface area contributed by atoms with Gasteiger partial charge in [0.05, 0.1) is 5.75 Å². The molecule has 0 spiro atoms. The Balaban J connectivity index is 2.45. The first-order valence-corrected chi connectivity index (χ1v) is 8.72. The van der Waals surface area contributed by atoms with Crippen LogP contribution in [0, 0.1) is 5.92 Å². The quantitative estimate of drug-likeness (QED) is 0.744. The lowest BCUT2D eigenvalue weighted by Crippen LogP contribution is -2.42. The molecular weight excluding hydrogens is 264 g/mol. The van der Waals surface area contributed by atoms with E-state index < -0.39 is 9.84 Å². The molecule has 112 valence electrons. The molecule has 0 aromatic rings. The standard InChI is InChI=1S/C13H26N2O3S/c1-13(2,3)15-10-11(8-12(15)16)9-14(4)6-7-19(5,17)18/h11H,6-10H2,1-5H3. The molecule has 0 aliphatic carbocycles. The predicted octanol–water partition coefficient (Wildman–Crippen LogP) is 0.610. The van der Waals surface area contributed by atoms with Crippen LogP contribution in [0.5, 0.6) is 0 Å². The Bertz CT molecular complexity index is 426. The van der Waals surface area contributed by atoms with Gasteiger partial charge in [0.15, 0.2) is 0 Å². The van der Waals surface area contributed by atoms with Crippen LogP contribution in [0.15, 0.2) is 0 Å². The molecule has 0 aromatic heterocycles. The molecule has 1 fully saturated rings. The minimum absolute atomic E-state index is 0.128. The van der Waals surface area contributed by atoms with E-state index in [0.717, 1.165) is 13.1 Å². The summed E-state index contributed by atoms with van der Waals surface area (Å²) in [4.78, 5) is 15.9. The fourth-order valence-corrected chi connectivity index (χ4v) is 3.05. The molecule has 0 radical (unpaired) electrons. The number of carbonyl (C=O) groups excluding carboxylic acids is 1. The third-order valence-electron chi connectivity index (χ3n) is 3.43. The smallest absolute Gasteiger partial charge is 0.223 e. The molecular formula is C13H26N2O3S. The predicted molar refractivity (Wildman–Crippen MR) is 76.8 cm³/mol. The molecule has 1 unspecified atom stereocenters. The number of nitrogens with zero attached hydrogens (tertiary/aromatic N) is 2. The van der Waals surface area contributed by atoms with Crippen LogP contribution < -0.4 is 0 Å². The van der Waals surface area contributed by atoms with Crippen LogP contribution in [0.4, 0.5) is 0 Å². The summed E-state index contributed by atoms with van der Waals surface area (Å²) in [5.74, 6) is 0.679. The summed E-state index contributed by atoms with van der Waals surface area (Å²) in [6, 6.07) is 0. The zero-order valence-corrected chi connectivity index (χ0v) is 13.5. The number of likely N-dealkylation sites (tertiary alicyclic amines) is 1. The highest BCUT2D eigenvalue weighted by molar-refractivity contribution is 7.90. The number of hydrogen-bond donors (Lipinski definition) is 0. The van der Waals surface area contributed by atoms with Crippen molar-refractivity contribution >= 4 is 15.7 Å². The number of carbonyl (C=O) groups is 1. The van der Waals surface area contributed by atoms with Crippen LogP contribution in [0.3, 0.4) is 0 Å². The second-order valence-corrected chi connectivity index (χ2v) is 8.90. The van der Waals surface area contributed by atoms with Crippen LogP contribution in [0.2, 0.25) is 0 Å². The van der Waals surface area contributed by atoms with Gasteiger partial charge in [-0.2, -0.15) is 0 Å². The van der Waals surface area contributed by atoms with Gasteiger partial charge in [-0.3, -0.25) is 4.79 Å². The third kappa shape index (κ3) is 5.48. The van der Waals surface area contributed by atoms with E-state index in [1.165, 1.54) is 6.26 Å². The van der Waals surface area contributed by atoms with E-state index >= 15 is 0 Å². The van der Waals surface area contributed by atoms with Crippen molar-refractivity contribution in [3.8, 4) is 0 Å². The molecule has 0 N–H and O–H groups in total. The highest BCUT2D eigenvalue weighted by Crippen LogP contribution is 2.26. The summed E-state index contributed by atoms with van der Waals surface area (Å²) < 4.78 is 22.2. The Morgan fingerprint density at radius 2 is 1.95 bits per heavy atom. The number of rotatable bonds is 5. The van der Waals surface area contributed by atoms with Gasteiger partial charge in [-0.25, -0.2) is 8.42 Å². The molecule has 1 aliphatic rings. The van der Waals surface area contributed by atoms with Gasteiger partial charge in [0.25, 0.3) is 0 Å². The third-order valence-corrected chi connectivity index (χ3v) is 4.35. The van der Waals surface area contributed by atoms with E-state index in [-0.39, 0.29) is 17.2 Å². The summed E-state index contributed by atoms with van der Waals surface area (Å²) in [6.07, 6.45) is 1.82. The van der Waals surface area contributed by atoms with Crippen molar-refractivity contribution in [2.45, 2.75) is 32.7 Å². The molecule has 1 rings (SSSR count). The molecule has 6 heteroatoms. The lowest BCUT2D eigenvalue weighted by atomic mass is 10.1. The summed E-state index contributed by atoms with van der Waals surface area (Å²) in [7, 11) is -1.00. The number of amides is 1. The maximum Gasteiger partial charge on any atom is 0.223 e. The fourth-order valence-electron chi connectivity index (χ4n) is 2.41.